The van der Waals surface area contributed by atoms with Gasteiger partial charge in [0.2, 0.25) is 0 Å². The molecule has 3 rings (SSSR count). The van der Waals surface area contributed by atoms with Crippen LogP contribution in [0.4, 0.5) is 13.2 Å². The molecule has 0 aliphatic heterocycles. The second kappa shape index (κ2) is 9.92. The predicted octanol–water partition coefficient (Wildman–Crippen LogP) is 5.55. The van der Waals surface area contributed by atoms with Gasteiger partial charge >= 0.3 is 6.18 Å². The topological polar surface area (TPSA) is 32.3 Å². The lowest BCUT2D eigenvalue weighted by atomic mass is 10.0. The van der Waals surface area contributed by atoms with Crippen LogP contribution in [0.15, 0.2) is 78.9 Å². The van der Waals surface area contributed by atoms with E-state index in [9.17, 15) is 18.3 Å². The standard InChI is InChI=1S/C25H26F3NO/c1-18(29-17-24(30)22-8-5-9-23(16-22)25(26,27)28)14-20-10-12-21(13-11-20)15-19-6-3-2-4-7-19/h2-13,16,18,24,29-30H,14-15,17H2,1H3. The van der Waals surface area contributed by atoms with Gasteiger partial charge in [-0.05, 0) is 54.2 Å². The van der Waals surface area contributed by atoms with E-state index in [0.717, 1.165) is 25.0 Å². The van der Waals surface area contributed by atoms with Crippen molar-refractivity contribution in [3.8, 4) is 0 Å². The quantitative estimate of drug-likeness (QED) is 0.507. The molecule has 0 saturated carbocycles. The highest BCUT2D eigenvalue weighted by molar-refractivity contribution is 5.29. The number of hydrogen-bond acceptors (Lipinski definition) is 2. The first-order valence-corrected chi connectivity index (χ1v) is 10.0. The fraction of sp³-hybridized carbons (Fsp3) is 0.280. The maximum absolute atomic E-state index is 12.8. The van der Waals surface area contributed by atoms with E-state index in [1.54, 1.807) is 0 Å². The number of benzene rings is 3. The summed E-state index contributed by atoms with van der Waals surface area (Å²) in [6, 6.07) is 23.6. The van der Waals surface area contributed by atoms with Crippen molar-refractivity contribution in [1.82, 2.24) is 5.32 Å². The van der Waals surface area contributed by atoms with Crippen molar-refractivity contribution in [1.29, 1.82) is 0 Å². The molecule has 0 fully saturated rings. The van der Waals surface area contributed by atoms with Crippen LogP contribution in [0.2, 0.25) is 0 Å². The molecule has 30 heavy (non-hydrogen) atoms. The third-order valence-electron chi connectivity index (χ3n) is 5.07. The summed E-state index contributed by atoms with van der Waals surface area (Å²) in [4.78, 5) is 0. The summed E-state index contributed by atoms with van der Waals surface area (Å²) >= 11 is 0. The summed E-state index contributed by atoms with van der Waals surface area (Å²) in [5.41, 5.74) is 3.19. The summed E-state index contributed by atoms with van der Waals surface area (Å²) in [5.74, 6) is 0. The van der Waals surface area contributed by atoms with Gasteiger partial charge in [-0.2, -0.15) is 13.2 Å². The van der Waals surface area contributed by atoms with Crippen LogP contribution in [-0.2, 0) is 19.0 Å². The van der Waals surface area contributed by atoms with E-state index in [0.29, 0.717) is 0 Å². The zero-order chi connectivity index (χ0) is 21.6. The molecule has 0 heterocycles. The molecule has 2 N–H and O–H groups in total. The monoisotopic (exact) mass is 413 g/mol. The Hall–Kier alpha value is -2.63. The van der Waals surface area contributed by atoms with Crippen molar-refractivity contribution in [2.24, 2.45) is 0 Å². The molecule has 2 atom stereocenters. The fourth-order valence-electron chi connectivity index (χ4n) is 3.40. The minimum Gasteiger partial charge on any atom is -0.387 e. The highest BCUT2D eigenvalue weighted by Crippen LogP contribution is 2.30. The number of alkyl halides is 3. The van der Waals surface area contributed by atoms with Gasteiger partial charge in [0.15, 0.2) is 0 Å². The summed E-state index contributed by atoms with van der Waals surface area (Å²) in [5, 5.41) is 13.5. The second-order valence-electron chi connectivity index (χ2n) is 7.63. The zero-order valence-corrected chi connectivity index (χ0v) is 16.9. The molecule has 5 heteroatoms. The molecule has 2 nitrogen and oxygen atoms in total. The molecule has 0 spiro atoms. The van der Waals surface area contributed by atoms with Crippen LogP contribution < -0.4 is 5.32 Å². The molecule has 3 aromatic carbocycles. The Bertz CT molecular complexity index is 923. The molecule has 0 aliphatic carbocycles. The van der Waals surface area contributed by atoms with E-state index in [1.807, 2.05) is 25.1 Å². The highest BCUT2D eigenvalue weighted by atomic mass is 19.4. The van der Waals surface area contributed by atoms with E-state index >= 15 is 0 Å². The van der Waals surface area contributed by atoms with Crippen LogP contribution in [0.1, 0.15) is 40.8 Å². The molecule has 2 unspecified atom stereocenters. The molecule has 0 amide bonds. The van der Waals surface area contributed by atoms with Crippen molar-refractivity contribution >= 4 is 0 Å². The van der Waals surface area contributed by atoms with Crippen molar-refractivity contribution in [3.05, 3.63) is 107 Å². The van der Waals surface area contributed by atoms with Gasteiger partial charge in [0.25, 0.3) is 0 Å². The fourth-order valence-corrected chi connectivity index (χ4v) is 3.40. The number of aliphatic hydroxyl groups is 1. The normalized spacial score (nSPS) is 13.8. The van der Waals surface area contributed by atoms with Crippen LogP contribution >= 0.6 is 0 Å². The molecule has 3 aromatic rings. The van der Waals surface area contributed by atoms with Crippen LogP contribution in [0.25, 0.3) is 0 Å². The summed E-state index contributed by atoms with van der Waals surface area (Å²) in [6.07, 6.45) is -3.76. The molecule has 158 valence electrons. The van der Waals surface area contributed by atoms with Gasteiger partial charge < -0.3 is 10.4 Å². The van der Waals surface area contributed by atoms with Gasteiger partial charge in [-0.3, -0.25) is 0 Å². The van der Waals surface area contributed by atoms with E-state index in [-0.39, 0.29) is 18.2 Å². The smallest absolute Gasteiger partial charge is 0.387 e. The molecule has 0 saturated heterocycles. The first-order valence-electron chi connectivity index (χ1n) is 10.0. The van der Waals surface area contributed by atoms with E-state index in [2.05, 4.69) is 41.7 Å². The summed E-state index contributed by atoms with van der Waals surface area (Å²) < 4.78 is 38.5. The molecule has 0 aromatic heterocycles. The largest absolute Gasteiger partial charge is 0.416 e. The summed E-state index contributed by atoms with van der Waals surface area (Å²) in [6.45, 7) is 2.19. The maximum atomic E-state index is 12.8. The Morgan fingerprint density at radius 1 is 0.833 bits per heavy atom. The molecular formula is C25H26F3NO. The number of halogens is 3. The lowest BCUT2D eigenvalue weighted by Gasteiger charge is -2.18. The first-order chi connectivity index (χ1) is 14.3. The Balaban J connectivity index is 1.50. The molecule has 0 radical (unpaired) electrons. The van der Waals surface area contributed by atoms with Crippen molar-refractivity contribution in [2.45, 2.75) is 38.1 Å². The van der Waals surface area contributed by atoms with Crippen molar-refractivity contribution < 1.29 is 18.3 Å². The van der Waals surface area contributed by atoms with Crippen LogP contribution in [0.3, 0.4) is 0 Å². The van der Waals surface area contributed by atoms with Gasteiger partial charge in [0.05, 0.1) is 11.7 Å². The van der Waals surface area contributed by atoms with E-state index in [4.69, 9.17) is 0 Å². The maximum Gasteiger partial charge on any atom is 0.416 e. The van der Waals surface area contributed by atoms with Crippen LogP contribution in [0, 0.1) is 0 Å². The third-order valence-corrected chi connectivity index (χ3v) is 5.07. The number of nitrogens with one attached hydrogen (secondary N) is 1. The minimum absolute atomic E-state index is 0.0745. The predicted molar refractivity (Wildman–Crippen MR) is 113 cm³/mol. The average molecular weight is 413 g/mol. The Morgan fingerprint density at radius 2 is 1.47 bits per heavy atom. The third kappa shape index (κ3) is 6.44. The van der Waals surface area contributed by atoms with Gasteiger partial charge in [-0.25, -0.2) is 0 Å². The average Bonchev–Trinajstić information content (AvgIpc) is 2.74. The first kappa shape index (κ1) is 22.1. The number of rotatable bonds is 8. The van der Waals surface area contributed by atoms with Gasteiger partial charge in [0, 0.05) is 12.6 Å². The van der Waals surface area contributed by atoms with Crippen molar-refractivity contribution in [2.75, 3.05) is 6.54 Å². The van der Waals surface area contributed by atoms with Gasteiger partial charge in [0.1, 0.15) is 0 Å². The van der Waals surface area contributed by atoms with Gasteiger partial charge in [-0.1, -0.05) is 66.7 Å². The Morgan fingerprint density at radius 3 is 2.13 bits per heavy atom. The molecule has 0 aliphatic rings. The van der Waals surface area contributed by atoms with Gasteiger partial charge in [-0.15, -0.1) is 0 Å². The van der Waals surface area contributed by atoms with Crippen molar-refractivity contribution in [3.63, 3.8) is 0 Å². The van der Waals surface area contributed by atoms with E-state index < -0.39 is 17.8 Å². The molecule has 0 bridgehead atoms. The lowest BCUT2D eigenvalue weighted by molar-refractivity contribution is -0.137. The Labute approximate surface area is 175 Å². The second-order valence-corrected chi connectivity index (χ2v) is 7.63. The number of hydrogen-bond donors (Lipinski definition) is 2. The van der Waals surface area contributed by atoms with Crippen LogP contribution in [-0.4, -0.2) is 17.7 Å². The highest BCUT2D eigenvalue weighted by Gasteiger charge is 2.30. The van der Waals surface area contributed by atoms with E-state index in [1.165, 1.54) is 28.8 Å². The lowest BCUT2D eigenvalue weighted by Crippen LogP contribution is -2.32. The SMILES string of the molecule is CC(Cc1ccc(Cc2ccccc2)cc1)NCC(O)c1cccc(C(F)(F)F)c1. The number of aliphatic hydroxyl groups excluding tert-OH is 1. The minimum atomic E-state index is -4.41. The van der Waals surface area contributed by atoms with Crippen LogP contribution in [0.5, 0.6) is 0 Å². The zero-order valence-electron chi connectivity index (χ0n) is 16.9. The summed E-state index contributed by atoms with van der Waals surface area (Å²) in [7, 11) is 0. The Kier molecular flexibility index (Phi) is 7.29. The molecular weight excluding hydrogens is 387 g/mol.